The normalized spacial score (nSPS) is 11.2. The van der Waals surface area contributed by atoms with Crippen molar-refractivity contribution in [2.45, 2.75) is 6.92 Å². The Hall–Kier alpha value is -1.68. The number of halogens is 1. The monoisotopic (exact) mass is 291 g/mol. The van der Waals surface area contributed by atoms with E-state index < -0.39 is 5.97 Å². The highest BCUT2D eigenvalue weighted by Gasteiger charge is 2.02. The van der Waals surface area contributed by atoms with E-state index >= 15 is 0 Å². The summed E-state index contributed by atoms with van der Waals surface area (Å²) in [7, 11) is 0. The number of aryl methyl sites for hydroxylation is 1. The molecular formula is C13H10BrNO2. The summed E-state index contributed by atoms with van der Waals surface area (Å²) < 4.78 is 0.945. The van der Waals surface area contributed by atoms with Gasteiger partial charge in [-0.15, -0.1) is 0 Å². The number of carboxylic acid groups (broad SMARTS) is 1. The molecule has 17 heavy (non-hydrogen) atoms. The van der Waals surface area contributed by atoms with Crippen molar-refractivity contribution in [2.75, 3.05) is 0 Å². The third-order valence-corrected chi connectivity index (χ3v) is 2.83. The fraction of sp³-hybridized carbons (Fsp3) is 0.0769. The van der Waals surface area contributed by atoms with E-state index in [0.717, 1.165) is 32.7 Å². The second-order valence-corrected chi connectivity index (χ2v) is 4.60. The first kappa shape index (κ1) is 11.8. The second kappa shape index (κ2) is 4.67. The van der Waals surface area contributed by atoms with Crippen molar-refractivity contribution in [3.05, 3.63) is 46.1 Å². The fourth-order valence-corrected chi connectivity index (χ4v) is 2.02. The minimum absolute atomic E-state index is 0.858. The molecule has 0 unspecified atom stereocenters. The molecule has 2 rings (SSSR count). The van der Waals surface area contributed by atoms with E-state index in [4.69, 9.17) is 5.11 Å². The molecule has 1 heterocycles. The Morgan fingerprint density at radius 1 is 1.41 bits per heavy atom. The molecule has 0 atom stereocenters. The molecule has 1 N–H and O–H groups in total. The topological polar surface area (TPSA) is 50.2 Å². The maximum absolute atomic E-state index is 10.5. The lowest BCUT2D eigenvalue weighted by atomic mass is 10.1. The van der Waals surface area contributed by atoms with Crippen LogP contribution in [0.25, 0.3) is 17.0 Å². The minimum atomic E-state index is -0.956. The van der Waals surface area contributed by atoms with Crippen molar-refractivity contribution in [2.24, 2.45) is 0 Å². The van der Waals surface area contributed by atoms with Gasteiger partial charge in [-0.25, -0.2) is 4.79 Å². The van der Waals surface area contributed by atoms with Crippen molar-refractivity contribution in [1.29, 1.82) is 0 Å². The zero-order chi connectivity index (χ0) is 12.4. The molecule has 4 heteroatoms. The van der Waals surface area contributed by atoms with E-state index in [0.29, 0.717) is 0 Å². The van der Waals surface area contributed by atoms with E-state index in [-0.39, 0.29) is 0 Å². The van der Waals surface area contributed by atoms with E-state index in [2.05, 4.69) is 20.9 Å². The number of benzene rings is 1. The third kappa shape index (κ3) is 2.71. The Balaban J connectivity index is 2.67. The lowest BCUT2D eigenvalue weighted by Gasteiger charge is -2.04. The van der Waals surface area contributed by atoms with E-state index in [1.165, 1.54) is 0 Å². The highest BCUT2D eigenvalue weighted by Crippen LogP contribution is 2.23. The molecule has 0 fully saturated rings. The SMILES string of the molecule is Cc1cc(/C=C/C(=O)O)c2cc(Br)ccc2n1. The standard InChI is InChI=1S/C13H10BrNO2/c1-8-6-9(2-5-13(16)17)11-7-10(14)3-4-12(11)15-8/h2-7H,1H3,(H,16,17)/b5-2+. The molecule has 3 nitrogen and oxygen atoms in total. The average Bonchev–Trinajstić information content (AvgIpc) is 2.26. The summed E-state index contributed by atoms with van der Waals surface area (Å²) >= 11 is 3.40. The molecule has 0 saturated heterocycles. The van der Waals surface area contributed by atoms with Crippen LogP contribution in [0.1, 0.15) is 11.3 Å². The summed E-state index contributed by atoms with van der Waals surface area (Å²) in [5.41, 5.74) is 2.58. The fourth-order valence-electron chi connectivity index (χ4n) is 1.66. The van der Waals surface area contributed by atoms with Gasteiger partial charge in [0.05, 0.1) is 5.52 Å². The number of pyridine rings is 1. The molecular weight excluding hydrogens is 282 g/mol. The van der Waals surface area contributed by atoms with Gasteiger partial charge in [0.1, 0.15) is 0 Å². The van der Waals surface area contributed by atoms with Crippen molar-refractivity contribution in [3.63, 3.8) is 0 Å². The van der Waals surface area contributed by atoms with Gasteiger partial charge >= 0.3 is 5.97 Å². The van der Waals surface area contributed by atoms with Crippen molar-refractivity contribution < 1.29 is 9.90 Å². The largest absolute Gasteiger partial charge is 0.478 e. The molecule has 0 radical (unpaired) electrons. The second-order valence-electron chi connectivity index (χ2n) is 3.69. The Morgan fingerprint density at radius 2 is 2.18 bits per heavy atom. The van der Waals surface area contributed by atoms with Crippen LogP contribution in [-0.4, -0.2) is 16.1 Å². The third-order valence-electron chi connectivity index (χ3n) is 2.34. The number of rotatable bonds is 2. The van der Waals surface area contributed by atoms with Crippen molar-refractivity contribution >= 4 is 38.9 Å². The van der Waals surface area contributed by atoms with Gasteiger partial charge in [0.2, 0.25) is 0 Å². The lowest BCUT2D eigenvalue weighted by Crippen LogP contribution is -1.90. The number of aromatic nitrogens is 1. The number of carbonyl (C=O) groups is 1. The Bertz CT molecular complexity index is 620. The van der Waals surface area contributed by atoms with E-state index in [1.54, 1.807) is 6.08 Å². The molecule has 0 bridgehead atoms. The maximum Gasteiger partial charge on any atom is 0.328 e. The minimum Gasteiger partial charge on any atom is -0.478 e. The van der Waals surface area contributed by atoms with Crippen LogP contribution in [0.3, 0.4) is 0 Å². The smallest absolute Gasteiger partial charge is 0.328 e. The molecule has 2 aromatic rings. The molecule has 0 spiro atoms. The zero-order valence-corrected chi connectivity index (χ0v) is 10.7. The van der Waals surface area contributed by atoms with Crippen LogP contribution >= 0.6 is 15.9 Å². The molecule has 1 aromatic carbocycles. The summed E-state index contributed by atoms with van der Waals surface area (Å²) in [6.45, 7) is 1.89. The predicted molar refractivity (Wildman–Crippen MR) is 70.8 cm³/mol. The van der Waals surface area contributed by atoms with Gasteiger partial charge in [0.25, 0.3) is 0 Å². The number of carboxylic acids is 1. The number of hydrogen-bond donors (Lipinski definition) is 1. The average molecular weight is 292 g/mol. The first-order valence-corrected chi connectivity index (χ1v) is 5.83. The predicted octanol–water partition coefficient (Wildman–Crippen LogP) is 3.40. The molecule has 1 aromatic heterocycles. The molecule has 0 saturated carbocycles. The number of fused-ring (bicyclic) bond motifs is 1. The summed E-state index contributed by atoms with van der Waals surface area (Å²) in [5, 5.41) is 9.59. The van der Waals surface area contributed by atoms with Crippen molar-refractivity contribution in [3.8, 4) is 0 Å². The number of nitrogens with zero attached hydrogens (tertiary/aromatic N) is 1. The molecule has 0 aliphatic heterocycles. The Kier molecular flexibility index (Phi) is 3.24. The van der Waals surface area contributed by atoms with Crippen LogP contribution in [-0.2, 0) is 4.79 Å². The number of hydrogen-bond acceptors (Lipinski definition) is 2. The van der Waals surface area contributed by atoms with Gasteiger partial charge < -0.3 is 5.11 Å². The first-order chi connectivity index (χ1) is 8.06. The zero-order valence-electron chi connectivity index (χ0n) is 9.14. The van der Waals surface area contributed by atoms with Crippen LogP contribution in [0.4, 0.5) is 0 Å². The van der Waals surface area contributed by atoms with Gasteiger partial charge in [-0.05, 0) is 42.8 Å². The highest BCUT2D eigenvalue weighted by molar-refractivity contribution is 9.10. The summed E-state index contributed by atoms with van der Waals surface area (Å²) in [4.78, 5) is 15.0. The van der Waals surface area contributed by atoms with E-state index in [9.17, 15) is 4.79 Å². The number of aliphatic carboxylic acids is 1. The lowest BCUT2D eigenvalue weighted by molar-refractivity contribution is -0.131. The molecule has 0 amide bonds. The van der Waals surface area contributed by atoms with Gasteiger partial charge in [0, 0.05) is 21.6 Å². The van der Waals surface area contributed by atoms with Gasteiger partial charge in [-0.2, -0.15) is 0 Å². The van der Waals surface area contributed by atoms with Crippen LogP contribution in [0.2, 0.25) is 0 Å². The summed E-state index contributed by atoms with van der Waals surface area (Å²) in [6, 6.07) is 7.63. The Morgan fingerprint density at radius 3 is 2.88 bits per heavy atom. The molecule has 0 aliphatic rings. The Labute approximate surface area is 107 Å². The highest BCUT2D eigenvalue weighted by atomic mass is 79.9. The van der Waals surface area contributed by atoms with Crippen molar-refractivity contribution in [1.82, 2.24) is 4.98 Å². The quantitative estimate of drug-likeness (QED) is 0.863. The van der Waals surface area contributed by atoms with Gasteiger partial charge in [-0.3, -0.25) is 4.98 Å². The first-order valence-electron chi connectivity index (χ1n) is 5.04. The van der Waals surface area contributed by atoms with Gasteiger partial charge in [-0.1, -0.05) is 15.9 Å². The van der Waals surface area contributed by atoms with Crippen LogP contribution in [0.5, 0.6) is 0 Å². The molecule has 0 aliphatic carbocycles. The summed E-state index contributed by atoms with van der Waals surface area (Å²) in [6.07, 6.45) is 2.72. The van der Waals surface area contributed by atoms with Crippen LogP contribution in [0, 0.1) is 6.92 Å². The molecule has 86 valence electrons. The summed E-state index contributed by atoms with van der Waals surface area (Å²) in [5.74, 6) is -0.956. The van der Waals surface area contributed by atoms with Gasteiger partial charge in [0.15, 0.2) is 0 Å². The van der Waals surface area contributed by atoms with Crippen LogP contribution < -0.4 is 0 Å². The van der Waals surface area contributed by atoms with E-state index in [1.807, 2.05) is 31.2 Å². The maximum atomic E-state index is 10.5. The van der Waals surface area contributed by atoms with Crippen LogP contribution in [0.15, 0.2) is 34.8 Å².